The van der Waals surface area contributed by atoms with Crippen molar-refractivity contribution in [2.45, 2.75) is 26.7 Å². The third-order valence-corrected chi connectivity index (χ3v) is 3.93. The Kier molecular flexibility index (Phi) is 5.36. The Balaban J connectivity index is 2.09. The van der Waals surface area contributed by atoms with Gasteiger partial charge in [0.15, 0.2) is 0 Å². The second-order valence-electron chi connectivity index (χ2n) is 6.01. The molecule has 2 amide bonds. The largest absolute Gasteiger partial charge is 0.480 e. The van der Waals surface area contributed by atoms with E-state index in [1.807, 2.05) is 13.8 Å². The number of hydrogen-bond acceptors (Lipinski definition) is 3. The molecule has 2 unspecified atom stereocenters. The summed E-state index contributed by atoms with van der Waals surface area (Å²) in [6.45, 7) is 3.96. The van der Waals surface area contributed by atoms with E-state index in [2.05, 4.69) is 5.32 Å². The number of carbonyl (C=O) groups excluding carboxylic acids is 2. The van der Waals surface area contributed by atoms with Crippen LogP contribution in [0.4, 0.5) is 5.69 Å². The van der Waals surface area contributed by atoms with Crippen molar-refractivity contribution in [1.29, 1.82) is 0 Å². The zero-order valence-electron chi connectivity index (χ0n) is 13.4. The molecule has 2 rings (SSSR count). The lowest BCUT2D eigenvalue weighted by atomic mass is 10.1. The summed E-state index contributed by atoms with van der Waals surface area (Å²) in [5.41, 5.74) is 0.938. The Morgan fingerprint density at radius 1 is 1.35 bits per heavy atom. The summed E-state index contributed by atoms with van der Waals surface area (Å²) in [4.78, 5) is 36.6. The lowest BCUT2D eigenvalue weighted by molar-refractivity contribution is -0.137. The topological polar surface area (TPSA) is 86.7 Å². The molecule has 1 aromatic carbocycles. The van der Waals surface area contributed by atoms with E-state index >= 15 is 0 Å². The second-order valence-corrected chi connectivity index (χ2v) is 6.01. The first-order chi connectivity index (χ1) is 10.9. The number of nitrogens with one attached hydrogen (secondary N) is 1. The number of carboxylic acids is 1. The van der Waals surface area contributed by atoms with Crippen LogP contribution in [0.5, 0.6) is 0 Å². The predicted octanol–water partition coefficient (Wildman–Crippen LogP) is 2.22. The second kappa shape index (κ2) is 7.26. The predicted molar refractivity (Wildman–Crippen MR) is 86.2 cm³/mol. The molecule has 1 aromatic rings. The van der Waals surface area contributed by atoms with E-state index in [1.54, 1.807) is 24.3 Å². The van der Waals surface area contributed by atoms with E-state index in [0.717, 1.165) is 6.42 Å². The first-order valence-corrected chi connectivity index (χ1v) is 7.84. The first kappa shape index (κ1) is 17.0. The minimum Gasteiger partial charge on any atom is -0.480 e. The van der Waals surface area contributed by atoms with Gasteiger partial charge in [0.25, 0.3) is 5.91 Å². The van der Waals surface area contributed by atoms with Gasteiger partial charge in [-0.3, -0.25) is 14.4 Å². The normalized spacial score (nSPS) is 19.0. The maximum absolute atomic E-state index is 12.5. The van der Waals surface area contributed by atoms with Gasteiger partial charge in [-0.05, 0) is 37.0 Å². The molecule has 2 atom stereocenters. The molecule has 23 heavy (non-hydrogen) atoms. The van der Waals surface area contributed by atoms with Gasteiger partial charge in [0, 0.05) is 23.7 Å². The van der Waals surface area contributed by atoms with Crippen molar-refractivity contribution in [3.05, 3.63) is 29.8 Å². The highest BCUT2D eigenvalue weighted by molar-refractivity contribution is 5.99. The minimum absolute atomic E-state index is 0.0296. The maximum Gasteiger partial charge on any atom is 0.323 e. The number of anilines is 1. The van der Waals surface area contributed by atoms with Crippen molar-refractivity contribution in [2.24, 2.45) is 11.8 Å². The Morgan fingerprint density at radius 2 is 2.04 bits per heavy atom. The highest BCUT2D eigenvalue weighted by Gasteiger charge is 2.39. The molecule has 0 radical (unpaired) electrons. The number of hydrogen-bond donors (Lipinski definition) is 2. The number of carbonyl (C=O) groups is 3. The van der Waals surface area contributed by atoms with Gasteiger partial charge in [0.05, 0.1) is 0 Å². The maximum atomic E-state index is 12.5. The van der Waals surface area contributed by atoms with Gasteiger partial charge >= 0.3 is 5.97 Å². The minimum atomic E-state index is -1.04. The molecule has 1 aliphatic carbocycles. The summed E-state index contributed by atoms with van der Waals surface area (Å²) in [5.74, 6) is -0.949. The summed E-state index contributed by atoms with van der Waals surface area (Å²) >= 11 is 0. The molecule has 1 aliphatic rings. The van der Waals surface area contributed by atoms with Gasteiger partial charge in [0.2, 0.25) is 5.91 Å². The van der Waals surface area contributed by atoms with E-state index < -0.39 is 5.97 Å². The standard InChI is InChI=1S/C17H22N2O4/c1-3-7-19(10-15(20)21)17(23)12-5-4-6-13(9-12)18-16(22)14-8-11(14)2/h4-6,9,11,14H,3,7-8,10H2,1-2H3,(H,18,22)(H,20,21). The van der Waals surface area contributed by atoms with Gasteiger partial charge in [-0.25, -0.2) is 0 Å². The molecule has 0 saturated heterocycles. The monoisotopic (exact) mass is 318 g/mol. The summed E-state index contributed by atoms with van der Waals surface area (Å²) in [6.07, 6.45) is 1.57. The van der Waals surface area contributed by atoms with Crippen LogP contribution in [-0.2, 0) is 9.59 Å². The molecule has 0 heterocycles. The van der Waals surface area contributed by atoms with Crippen molar-refractivity contribution in [3.8, 4) is 0 Å². The number of rotatable bonds is 7. The van der Waals surface area contributed by atoms with Crippen LogP contribution in [0, 0.1) is 11.8 Å². The van der Waals surface area contributed by atoms with Crippen molar-refractivity contribution in [2.75, 3.05) is 18.4 Å². The van der Waals surface area contributed by atoms with Crippen LogP contribution in [0.2, 0.25) is 0 Å². The molecule has 124 valence electrons. The zero-order chi connectivity index (χ0) is 17.0. The number of carboxylic acid groups (broad SMARTS) is 1. The van der Waals surface area contributed by atoms with Crippen LogP contribution in [0.3, 0.4) is 0 Å². The van der Waals surface area contributed by atoms with Crippen LogP contribution in [0.15, 0.2) is 24.3 Å². The molecule has 0 bridgehead atoms. The van der Waals surface area contributed by atoms with E-state index in [4.69, 9.17) is 5.11 Å². The van der Waals surface area contributed by atoms with Crippen molar-refractivity contribution < 1.29 is 19.5 Å². The van der Waals surface area contributed by atoms with E-state index in [0.29, 0.717) is 30.1 Å². The fourth-order valence-corrected chi connectivity index (χ4v) is 2.52. The van der Waals surface area contributed by atoms with Gasteiger partial charge in [-0.1, -0.05) is 19.9 Å². The molecule has 6 heteroatoms. The number of benzene rings is 1. The molecule has 6 nitrogen and oxygen atoms in total. The average molecular weight is 318 g/mol. The lowest BCUT2D eigenvalue weighted by Crippen LogP contribution is -2.36. The van der Waals surface area contributed by atoms with Crippen molar-refractivity contribution in [1.82, 2.24) is 4.90 Å². The van der Waals surface area contributed by atoms with E-state index in [1.165, 1.54) is 4.90 Å². The molecule has 1 fully saturated rings. The number of nitrogens with zero attached hydrogens (tertiary/aromatic N) is 1. The molecular weight excluding hydrogens is 296 g/mol. The zero-order valence-corrected chi connectivity index (χ0v) is 13.4. The van der Waals surface area contributed by atoms with Crippen LogP contribution in [0.25, 0.3) is 0 Å². The Labute approximate surface area is 135 Å². The fraction of sp³-hybridized carbons (Fsp3) is 0.471. The Morgan fingerprint density at radius 3 is 2.61 bits per heavy atom. The van der Waals surface area contributed by atoms with Crippen LogP contribution >= 0.6 is 0 Å². The van der Waals surface area contributed by atoms with E-state index in [-0.39, 0.29) is 24.3 Å². The molecule has 0 aliphatic heterocycles. The Bertz CT molecular complexity index is 614. The van der Waals surface area contributed by atoms with Crippen LogP contribution < -0.4 is 5.32 Å². The quantitative estimate of drug-likeness (QED) is 0.807. The lowest BCUT2D eigenvalue weighted by Gasteiger charge is -2.20. The third kappa shape index (κ3) is 4.55. The highest BCUT2D eigenvalue weighted by atomic mass is 16.4. The number of aliphatic carboxylic acids is 1. The highest BCUT2D eigenvalue weighted by Crippen LogP contribution is 2.38. The number of amides is 2. The average Bonchev–Trinajstić information content (AvgIpc) is 3.23. The van der Waals surface area contributed by atoms with Crippen LogP contribution in [0.1, 0.15) is 37.0 Å². The molecule has 0 spiro atoms. The summed E-state index contributed by atoms with van der Waals surface area (Å²) in [7, 11) is 0. The SMILES string of the molecule is CCCN(CC(=O)O)C(=O)c1cccc(NC(=O)C2CC2C)c1. The van der Waals surface area contributed by atoms with Gasteiger partial charge < -0.3 is 15.3 Å². The third-order valence-electron chi connectivity index (χ3n) is 3.93. The molecule has 0 aromatic heterocycles. The smallest absolute Gasteiger partial charge is 0.323 e. The molecule has 2 N–H and O–H groups in total. The van der Waals surface area contributed by atoms with Gasteiger partial charge in [-0.15, -0.1) is 0 Å². The van der Waals surface area contributed by atoms with E-state index in [9.17, 15) is 14.4 Å². The molecular formula is C17H22N2O4. The van der Waals surface area contributed by atoms with Gasteiger partial charge in [0.1, 0.15) is 6.54 Å². The summed E-state index contributed by atoms with van der Waals surface area (Å²) in [5, 5.41) is 11.7. The Hall–Kier alpha value is -2.37. The first-order valence-electron chi connectivity index (χ1n) is 7.84. The fourth-order valence-electron chi connectivity index (χ4n) is 2.52. The summed E-state index contributed by atoms with van der Waals surface area (Å²) in [6, 6.07) is 6.63. The van der Waals surface area contributed by atoms with Crippen molar-refractivity contribution in [3.63, 3.8) is 0 Å². The van der Waals surface area contributed by atoms with Crippen LogP contribution in [-0.4, -0.2) is 40.9 Å². The summed E-state index contributed by atoms with van der Waals surface area (Å²) < 4.78 is 0. The van der Waals surface area contributed by atoms with Crippen molar-refractivity contribution >= 4 is 23.5 Å². The van der Waals surface area contributed by atoms with Gasteiger partial charge in [-0.2, -0.15) is 0 Å². The molecule has 1 saturated carbocycles.